The van der Waals surface area contributed by atoms with Crippen molar-refractivity contribution in [2.24, 2.45) is 5.73 Å². The number of hydrogen-bond acceptors (Lipinski definition) is 4. The molecule has 104 valence electrons. The summed E-state index contributed by atoms with van der Waals surface area (Å²) in [6.07, 6.45) is 3.41. The highest BCUT2D eigenvalue weighted by Gasteiger charge is 2.01. The lowest BCUT2D eigenvalue weighted by Gasteiger charge is -2.09. The highest BCUT2D eigenvalue weighted by Crippen LogP contribution is 2.19. The second-order valence-electron chi connectivity index (χ2n) is 3.74. The van der Waals surface area contributed by atoms with Gasteiger partial charge in [-0.1, -0.05) is 12.1 Å². The van der Waals surface area contributed by atoms with Gasteiger partial charge in [-0.3, -0.25) is 15.6 Å². The van der Waals surface area contributed by atoms with E-state index in [4.69, 9.17) is 5.73 Å². The largest absolute Gasteiger partial charge is 0.351 e. The summed E-state index contributed by atoms with van der Waals surface area (Å²) in [4.78, 5) is 20.6. The Morgan fingerprint density at radius 1 is 1.21 bits per heavy atom. The number of nitrogens with two attached hydrogens (primary N) is 1. The molecular weight excluding hydrogens is 264 g/mol. The smallest absolute Gasteiger partial charge is 0.316 e. The van der Waals surface area contributed by atoms with Gasteiger partial charge < -0.3 is 11.1 Å². The Morgan fingerprint density at radius 3 is 2.32 bits per heavy atom. The van der Waals surface area contributed by atoms with Crippen molar-refractivity contribution in [3.05, 3.63) is 24.3 Å². The van der Waals surface area contributed by atoms with Crippen molar-refractivity contribution in [2.75, 3.05) is 22.2 Å². The number of thioether (sulfide) groups is 1. The first-order valence-electron chi connectivity index (χ1n) is 5.92. The Morgan fingerprint density at radius 2 is 1.84 bits per heavy atom. The van der Waals surface area contributed by atoms with E-state index < -0.39 is 6.03 Å². The Balaban J connectivity index is 0.000000300. The van der Waals surface area contributed by atoms with Crippen LogP contribution in [0.3, 0.4) is 0 Å². The van der Waals surface area contributed by atoms with E-state index in [2.05, 4.69) is 27.9 Å². The van der Waals surface area contributed by atoms with Crippen molar-refractivity contribution in [1.29, 1.82) is 0 Å². The molecule has 2 rings (SSSR count). The lowest BCUT2D eigenvalue weighted by atomic mass is 10.3. The standard InChI is InChI=1S/C8H10N4O2.C4H8S/c9-8(14)11-6-3-1-2-4-7(6)12-10-5-13;1-2-4-5-3-1/h1-5,12H,(H,10,13)(H3,9,11,14);1-4H2. The molecule has 19 heavy (non-hydrogen) atoms. The fraction of sp³-hybridized carbons (Fsp3) is 0.333. The molecule has 6 nitrogen and oxygen atoms in total. The van der Waals surface area contributed by atoms with Crippen LogP contribution >= 0.6 is 11.8 Å². The third kappa shape index (κ3) is 6.56. The van der Waals surface area contributed by atoms with Crippen LogP contribution in [-0.2, 0) is 4.79 Å². The number of nitrogens with one attached hydrogen (secondary N) is 3. The normalized spacial score (nSPS) is 12.8. The summed E-state index contributed by atoms with van der Waals surface area (Å²) in [5.41, 5.74) is 10.8. The molecule has 7 heteroatoms. The summed E-state index contributed by atoms with van der Waals surface area (Å²) in [5.74, 6) is 2.83. The molecule has 3 amide bonds. The number of amides is 3. The second-order valence-corrected chi connectivity index (χ2v) is 4.97. The van der Waals surface area contributed by atoms with E-state index in [1.54, 1.807) is 24.3 Å². The van der Waals surface area contributed by atoms with Crippen molar-refractivity contribution in [3.8, 4) is 0 Å². The zero-order valence-corrected chi connectivity index (χ0v) is 11.3. The lowest BCUT2D eigenvalue weighted by Crippen LogP contribution is -2.23. The number of benzene rings is 1. The molecule has 0 saturated carbocycles. The molecule has 0 unspecified atom stereocenters. The molecule has 1 saturated heterocycles. The first-order valence-corrected chi connectivity index (χ1v) is 7.08. The van der Waals surface area contributed by atoms with E-state index in [0.717, 1.165) is 0 Å². The maximum absolute atomic E-state index is 10.6. The highest BCUT2D eigenvalue weighted by molar-refractivity contribution is 7.99. The molecule has 0 atom stereocenters. The summed E-state index contributed by atoms with van der Waals surface area (Å²) < 4.78 is 0. The number of hydrogen-bond donors (Lipinski definition) is 4. The third-order valence-electron chi connectivity index (χ3n) is 2.28. The molecule has 0 aromatic heterocycles. The SMILES string of the molecule is C1CCSC1.NC(=O)Nc1ccccc1NNC=O. The van der Waals surface area contributed by atoms with Gasteiger partial charge >= 0.3 is 6.03 Å². The molecule has 0 aliphatic carbocycles. The molecule has 1 aliphatic heterocycles. The maximum atomic E-state index is 10.6. The number of carbonyl (C=O) groups excluding carboxylic acids is 2. The van der Waals surface area contributed by atoms with E-state index in [1.165, 1.54) is 24.3 Å². The molecule has 1 heterocycles. The first kappa shape index (κ1) is 15.2. The Hall–Kier alpha value is -1.89. The number of primary amides is 1. The van der Waals surface area contributed by atoms with Crippen molar-refractivity contribution < 1.29 is 9.59 Å². The van der Waals surface area contributed by atoms with Crippen molar-refractivity contribution in [1.82, 2.24) is 5.43 Å². The van der Waals surface area contributed by atoms with Crippen LogP contribution in [-0.4, -0.2) is 23.9 Å². The number of carbonyl (C=O) groups is 2. The van der Waals surface area contributed by atoms with Crippen LogP contribution in [0.25, 0.3) is 0 Å². The molecule has 1 aliphatic rings. The van der Waals surface area contributed by atoms with Gasteiger partial charge in [0.25, 0.3) is 0 Å². The predicted molar refractivity (Wildman–Crippen MR) is 79.0 cm³/mol. The maximum Gasteiger partial charge on any atom is 0.316 e. The molecule has 1 fully saturated rings. The fourth-order valence-electron chi connectivity index (χ4n) is 1.45. The van der Waals surface area contributed by atoms with Gasteiger partial charge in [0.15, 0.2) is 0 Å². The lowest BCUT2D eigenvalue weighted by molar-refractivity contribution is -0.109. The molecule has 1 aromatic carbocycles. The monoisotopic (exact) mass is 282 g/mol. The van der Waals surface area contributed by atoms with E-state index in [9.17, 15) is 9.59 Å². The van der Waals surface area contributed by atoms with Crippen LogP contribution in [0.4, 0.5) is 16.2 Å². The summed E-state index contributed by atoms with van der Waals surface area (Å²) >= 11 is 2.07. The van der Waals surface area contributed by atoms with E-state index in [-0.39, 0.29) is 0 Å². The van der Waals surface area contributed by atoms with Crippen molar-refractivity contribution >= 4 is 35.6 Å². The molecule has 5 N–H and O–H groups in total. The van der Waals surface area contributed by atoms with Crippen LogP contribution < -0.4 is 21.9 Å². The summed E-state index contributed by atoms with van der Waals surface area (Å²) in [7, 11) is 0. The van der Waals surface area contributed by atoms with Crippen molar-refractivity contribution in [2.45, 2.75) is 12.8 Å². The average Bonchev–Trinajstić information content (AvgIpc) is 2.96. The van der Waals surface area contributed by atoms with Gasteiger partial charge in [0.1, 0.15) is 0 Å². The number of rotatable bonds is 4. The molecule has 0 spiro atoms. The number of para-hydroxylation sites is 2. The van der Waals surface area contributed by atoms with Gasteiger partial charge in [-0.05, 0) is 36.5 Å². The van der Waals surface area contributed by atoms with Crippen LogP contribution in [0.1, 0.15) is 12.8 Å². The Bertz CT molecular complexity index is 403. The van der Waals surface area contributed by atoms with Crippen LogP contribution in [0.15, 0.2) is 24.3 Å². The van der Waals surface area contributed by atoms with Gasteiger partial charge in [0, 0.05) is 0 Å². The van der Waals surface area contributed by atoms with E-state index in [0.29, 0.717) is 17.8 Å². The van der Waals surface area contributed by atoms with E-state index in [1.807, 2.05) is 0 Å². The zero-order valence-electron chi connectivity index (χ0n) is 10.5. The van der Waals surface area contributed by atoms with Gasteiger partial charge in [0.05, 0.1) is 11.4 Å². The second kappa shape index (κ2) is 9.09. The van der Waals surface area contributed by atoms with Gasteiger partial charge in [-0.15, -0.1) is 0 Å². The van der Waals surface area contributed by atoms with Crippen LogP contribution in [0.2, 0.25) is 0 Å². The summed E-state index contributed by atoms with van der Waals surface area (Å²) in [6, 6.07) is 6.16. The quantitative estimate of drug-likeness (QED) is 0.500. The first-order chi connectivity index (χ1) is 9.24. The van der Waals surface area contributed by atoms with Crippen molar-refractivity contribution in [3.63, 3.8) is 0 Å². The van der Waals surface area contributed by atoms with Crippen LogP contribution in [0.5, 0.6) is 0 Å². The van der Waals surface area contributed by atoms with Crippen LogP contribution in [0, 0.1) is 0 Å². The predicted octanol–water partition coefficient (Wildman–Crippen LogP) is 1.76. The third-order valence-corrected chi connectivity index (χ3v) is 3.43. The fourth-order valence-corrected chi connectivity index (χ4v) is 2.47. The molecule has 0 radical (unpaired) electrons. The Kier molecular flexibility index (Phi) is 7.26. The minimum Gasteiger partial charge on any atom is -0.351 e. The highest BCUT2D eigenvalue weighted by atomic mass is 32.2. The Labute approximate surface area is 116 Å². The van der Waals surface area contributed by atoms with Gasteiger partial charge in [0.2, 0.25) is 6.41 Å². The topological polar surface area (TPSA) is 96.2 Å². The molecule has 1 aromatic rings. The molecular formula is C12H18N4O2S. The number of anilines is 2. The summed E-state index contributed by atoms with van der Waals surface area (Å²) in [6.45, 7) is 0. The number of urea groups is 1. The molecule has 0 bridgehead atoms. The average molecular weight is 282 g/mol. The minimum absolute atomic E-state index is 0.487. The zero-order chi connectivity index (χ0) is 13.9. The van der Waals surface area contributed by atoms with E-state index >= 15 is 0 Å². The summed E-state index contributed by atoms with van der Waals surface area (Å²) in [5, 5.41) is 2.40. The van der Waals surface area contributed by atoms with Gasteiger partial charge in [-0.25, -0.2) is 4.79 Å². The van der Waals surface area contributed by atoms with Gasteiger partial charge in [-0.2, -0.15) is 11.8 Å². The minimum atomic E-state index is -0.662. The number of hydrazine groups is 1.